The fourth-order valence-electron chi connectivity index (χ4n) is 3.24. The van der Waals surface area contributed by atoms with Crippen LogP contribution in [0.4, 0.5) is 15.2 Å². The van der Waals surface area contributed by atoms with Gasteiger partial charge in [-0.15, -0.1) is 11.3 Å². The van der Waals surface area contributed by atoms with Crippen LogP contribution in [-0.4, -0.2) is 42.7 Å². The predicted octanol–water partition coefficient (Wildman–Crippen LogP) is 5.54. The summed E-state index contributed by atoms with van der Waals surface area (Å²) < 4.78 is 23.3. The first-order valence-corrected chi connectivity index (χ1v) is 11.7. The number of anilines is 2. The summed E-state index contributed by atoms with van der Waals surface area (Å²) in [6, 6.07) is 13.2. The van der Waals surface area contributed by atoms with Crippen molar-refractivity contribution in [1.29, 1.82) is 0 Å². The second-order valence-electron chi connectivity index (χ2n) is 6.82. The van der Waals surface area contributed by atoms with Crippen molar-refractivity contribution < 1.29 is 9.13 Å². The number of thiazole rings is 1. The summed E-state index contributed by atoms with van der Waals surface area (Å²) in [5.41, 5.74) is 1.71. The molecule has 9 heteroatoms. The summed E-state index contributed by atoms with van der Waals surface area (Å²) >= 11 is 9.13. The van der Waals surface area contributed by atoms with Gasteiger partial charge >= 0.3 is 0 Å². The van der Waals surface area contributed by atoms with Gasteiger partial charge in [0.05, 0.1) is 34.9 Å². The van der Waals surface area contributed by atoms with Gasteiger partial charge in [-0.1, -0.05) is 41.9 Å². The molecule has 2 heterocycles. The third-order valence-corrected chi connectivity index (χ3v) is 6.74. The van der Waals surface area contributed by atoms with Gasteiger partial charge < -0.3 is 14.8 Å². The fraction of sp³-hybridized carbons (Fsp3) is 0.286. The van der Waals surface area contributed by atoms with E-state index in [9.17, 15) is 4.39 Å². The third-order valence-electron chi connectivity index (χ3n) is 4.78. The zero-order valence-corrected chi connectivity index (χ0v) is 18.6. The molecule has 30 heavy (non-hydrogen) atoms. The van der Waals surface area contributed by atoms with Crippen LogP contribution in [0.25, 0.3) is 0 Å². The first-order chi connectivity index (χ1) is 14.7. The van der Waals surface area contributed by atoms with Gasteiger partial charge in [0, 0.05) is 31.2 Å². The van der Waals surface area contributed by atoms with E-state index in [0.29, 0.717) is 20.7 Å². The van der Waals surface area contributed by atoms with E-state index >= 15 is 0 Å². The summed E-state index contributed by atoms with van der Waals surface area (Å²) in [7, 11) is 0. The van der Waals surface area contributed by atoms with Crippen molar-refractivity contribution >= 4 is 45.7 Å². The third kappa shape index (κ3) is 5.65. The Morgan fingerprint density at radius 1 is 1.23 bits per heavy atom. The molecule has 0 spiro atoms. The minimum Gasteiger partial charge on any atom is -0.379 e. The van der Waals surface area contributed by atoms with Crippen molar-refractivity contribution in [2.75, 3.05) is 42.9 Å². The van der Waals surface area contributed by atoms with Gasteiger partial charge in [0.25, 0.3) is 0 Å². The zero-order valence-electron chi connectivity index (χ0n) is 16.2. The molecule has 0 bridgehead atoms. The number of halogens is 2. The van der Waals surface area contributed by atoms with Crippen molar-refractivity contribution in [3.8, 4) is 0 Å². The maximum absolute atomic E-state index is 14.8. The van der Waals surface area contributed by atoms with Crippen LogP contribution < -0.4 is 10.0 Å². The number of aromatic nitrogens is 1. The maximum atomic E-state index is 14.8. The molecule has 3 aromatic rings. The van der Waals surface area contributed by atoms with E-state index in [2.05, 4.69) is 32.1 Å². The average molecular weight is 465 g/mol. The highest BCUT2D eigenvalue weighted by atomic mass is 35.5. The smallest absolute Gasteiger partial charge is 0.192 e. The molecule has 0 radical (unpaired) electrons. The topological polar surface area (TPSA) is 49.4 Å². The lowest BCUT2D eigenvalue weighted by Gasteiger charge is -2.31. The molecule has 0 amide bonds. The van der Waals surface area contributed by atoms with Crippen LogP contribution in [0.2, 0.25) is 5.02 Å². The molecule has 158 valence electrons. The van der Waals surface area contributed by atoms with E-state index in [0.717, 1.165) is 50.4 Å². The molecule has 2 aromatic carbocycles. The molecule has 1 saturated heterocycles. The largest absolute Gasteiger partial charge is 0.379 e. The maximum Gasteiger partial charge on any atom is 0.192 e. The number of nitrogens with zero attached hydrogens (tertiary/aromatic N) is 2. The predicted molar refractivity (Wildman–Crippen MR) is 123 cm³/mol. The van der Waals surface area contributed by atoms with Crippen molar-refractivity contribution in [2.45, 2.75) is 10.9 Å². The molecule has 0 saturated carbocycles. The number of benzene rings is 2. The summed E-state index contributed by atoms with van der Waals surface area (Å²) in [5, 5.41) is 6.50. The minimum atomic E-state index is -0.339. The van der Waals surface area contributed by atoms with Crippen molar-refractivity contribution in [3.05, 3.63) is 70.4 Å². The molecule has 0 aliphatic carbocycles. The highest BCUT2D eigenvalue weighted by Crippen LogP contribution is 2.34. The van der Waals surface area contributed by atoms with Gasteiger partial charge in [-0.05, 0) is 29.6 Å². The molecular weight excluding hydrogens is 443 g/mol. The van der Waals surface area contributed by atoms with E-state index in [-0.39, 0.29) is 11.9 Å². The Morgan fingerprint density at radius 3 is 2.77 bits per heavy atom. The van der Waals surface area contributed by atoms with Gasteiger partial charge in [0.15, 0.2) is 5.13 Å². The van der Waals surface area contributed by atoms with Crippen LogP contribution in [0.3, 0.4) is 0 Å². The van der Waals surface area contributed by atoms with Crippen LogP contribution >= 0.6 is 34.9 Å². The lowest BCUT2D eigenvalue weighted by atomic mass is 10.1. The van der Waals surface area contributed by atoms with E-state index < -0.39 is 0 Å². The van der Waals surface area contributed by atoms with Crippen LogP contribution in [0.5, 0.6) is 0 Å². The molecular formula is C21H22ClFN4OS2. The average Bonchev–Trinajstić information content (AvgIpc) is 3.29. The van der Waals surface area contributed by atoms with E-state index in [1.165, 1.54) is 17.4 Å². The summed E-state index contributed by atoms with van der Waals surface area (Å²) in [6.07, 6.45) is 1.70. The number of morpholine rings is 1. The number of hydrogen-bond acceptors (Lipinski definition) is 7. The standard InChI is InChI=1S/C21H22ClFN4OS2/c22-16-12-20(30-26-21-24-6-11-29-21)17(23)13-18(16)25-19(15-4-2-1-3-5-15)14-27-7-9-28-10-8-27/h1-6,11-13,19,25H,7-10,14H2,(H,24,26). The van der Waals surface area contributed by atoms with Crippen molar-refractivity contribution in [1.82, 2.24) is 9.88 Å². The number of rotatable bonds is 8. The van der Waals surface area contributed by atoms with Gasteiger partial charge in [0.1, 0.15) is 5.82 Å². The second-order valence-corrected chi connectivity index (χ2v) is 8.97. The normalized spacial score (nSPS) is 15.7. The van der Waals surface area contributed by atoms with E-state index in [1.807, 2.05) is 23.6 Å². The Kier molecular flexibility index (Phi) is 7.46. The molecule has 1 aliphatic rings. The van der Waals surface area contributed by atoms with E-state index in [4.69, 9.17) is 16.3 Å². The zero-order chi connectivity index (χ0) is 20.8. The summed E-state index contributed by atoms with van der Waals surface area (Å²) in [5.74, 6) is -0.339. The number of nitrogens with one attached hydrogen (secondary N) is 2. The second kappa shape index (κ2) is 10.5. The Bertz CT molecular complexity index is 940. The summed E-state index contributed by atoms with van der Waals surface area (Å²) in [6.45, 7) is 4.01. The minimum absolute atomic E-state index is 0.0202. The van der Waals surface area contributed by atoms with Gasteiger partial charge in [-0.2, -0.15) is 0 Å². The highest BCUT2D eigenvalue weighted by Gasteiger charge is 2.20. The molecule has 1 fully saturated rings. The SMILES string of the molecule is Fc1cc(NC(CN2CCOCC2)c2ccccc2)c(Cl)cc1SNc1nccs1. The molecule has 1 atom stereocenters. The van der Waals surface area contributed by atoms with Crippen LogP contribution in [0, 0.1) is 5.82 Å². The van der Waals surface area contributed by atoms with Crippen molar-refractivity contribution in [2.24, 2.45) is 0 Å². The fourth-order valence-corrected chi connectivity index (χ4v) is 4.80. The Hall–Kier alpha value is -1.84. The molecule has 5 nitrogen and oxygen atoms in total. The molecule has 1 unspecified atom stereocenters. The van der Waals surface area contributed by atoms with Crippen LogP contribution in [-0.2, 0) is 4.74 Å². The Morgan fingerprint density at radius 2 is 2.03 bits per heavy atom. The van der Waals surface area contributed by atoms with Gasteiger partial charge in [-0.25, -0.2) is 9.37 Å². The van der Waals surface area contributed by atoms with Crippen LogP contribution in [0.1, 0.15) is 11.6 Å². The highest BCUT2D eigenvalue weighted by molar-refractivity contribution is 8.00. The van der Waals surface area contributed by atoms with Gasteiger partial charge in [0.2, 0.25) is 0 Å². The van der Waals surface area contributed by atoms with Gasteiger partial charge in [-0.3, -0.25) is 4.90 Å². The lowest BCUT2D eigenvalue weighted by Crippen LogP contribution is -2.40. The number of ether oxygens (including phenoxy) is 1. The van der Waals surface area contributed by atoms with Crippen LogP contribution in [0.15, 0.2) is 58.9 Å². The van der Waals surface area contributed by atoms with Crippen molar-refractivity contribution in [3.63, 3.8) is 0 Å². The Labute approximate surface area is 188 Å². The first-order valence-electron chi connectivity index (χ1n) is 9.62. The number of hydrogen-bond donors (Lipinski definition) is 2. The quantitative estimate of drug-likeness (QED) is 0.427. The summed E-state index contributed by atoms with van der Waals surface area (Å²) in [4.78, 5) is 6.90. The molecule has 4 rings (SSSR count). The molecule has 1 aliphatic heterocycles. The first kappa shape index (κ1) is 21.4. The monoisotopic (exact) mass is 464 g/mol. The lowest BCUT2D eigenvalue weighted by molar-refractivity contribution is 0.0361. The Balaban J connectivity index is 1.50. The molecule has 1 aromatic heterocycles. The molecule has 2 N–H and O–H groups in total. The van der Waals surface area contributed by atoms with E-state index in [1.54, 1.807) is 12.3 Å².